The molecule has 0 radical (unpaired) electrons. The van der Waals surface area contributed by atoms with E-state index in [1.807, 2.05) is 51.1 Å². The highest BCUT2D eigenvalue weighted by atomic mass is 16.6. The molecule has 1 fully saturated rings. The fraction of sp³-hybridized carbons (Fsp3) is 0.412. The van der Waals surface area contributed by atoms with E-state index in [0.29, 0.717) is 0 Å². The van der Waals surface area contributed by atoms with E-state index in [0.717, 1.165) is 5.56 Å². The smallest absolute Gasteiger partial charge is 0.411 e. The van der Waals surface area contributed by atoms with E-state index in [2.05, 4.69) is 4.74 Å². The number of carbonyl (C=O) groups excluding carboxylic acids is 2. The number of hydrogen-bond donors (Lipinski definition) is 0. The number of methoxy groups -OCH3 is 1. The maximum absolute atomic E-state index is 12.3. The van der Waals surface area contributed by atoms with Crippen molar-refractivity contribution < 1.29 is 19.1 Å². The molecule has 0 unspecified atom stereocenters. The van der Waals surface area contributed by atoms with Crippen molar-refractivity contribution in [1.82, 2.24) is 4.90 Å². The monoisotopic (exact) mass is 303 g/mol. The minimum absolute atomic E-state index is 0.114. The van der Waals surface area contributed by atoms with Crippen molar-refractivity contribution in [2.45, 2.75) is 38.5 Å². The van der Waals surface area contributed by atoms with E-state index < -0.39 is 11.6 Å². The van der Waals surface area contributed by atoms with E-state index >= 15 is 0 Å². The van der Waals surface area contributed by atoms with E-state index in [9.17, 15) is 9.59 Å². The van der Waals surface area contributed by atoms with E-state index in [1.54, 1.807) is 11.0 Å². The summed E-state index contributed by atoms with van der Waals surface area (Å²) in [7, 11) is 1.32. The number of amides is 1. The summed E-state index contributed by atoms with van der Waals surface area (Å²) in [6.07, 6.45) is 2.62. The highest BCUT2D eigenvalue weighted by Gasteiger charge is 2.52. The molecule has 0 N–H and O–H groups in total. The van der Waals surface area contributed by atoms with Crippen molar-refractivity contribution >= 4 is 12.1 Å². The second kappa shape index (κ2) is 6.22. The molecule has 2 atom stereocenters. The molecule has 5 nitrogen and oxygen atoms in total. The van der Waals surface area contributed by atoms with Gasteiger partial charge in [0.15, 0.2) is 0 Å². The first kappa shape index (κ1) is 16.1. The van der Waals surface area contributed by atoms with E-state index in [-0.39, 0.29) is 18.2 Å². The minimum atomic E-state index is -0.558. The summed E-state index contributed by atoms with van der Waals surface area (Å²) in [6.45, 7) is 5.47. The van der Waals surface area contributed by atoms with Crippen LogP contribution in [0, 0.1) is 0 Å². The standard InChI is InChI=1S/C17H21NO4/c1-17(2,3)22-16(20)18-13(10-11-14(19)21-4)15(18)12-8-6-5-7-9-12/h5-11,13,15H,1-4H3/b11-10+/t13-,15-,18?/m0/s1. The normalized spacial score (nSPS) is 20.8. The average molecular weight is 303 g/mol. The first-order valence-electron chi connectivity index (χ1n) is 7.16. The first-order chi connectivity index (χ1) is 10.3. The highest BCUT2D eigenvalue weighted by Crippen LogP contribution is 2.44. The zero-order valence-corrected chi connectivity index (χ0v) is 13.3. The lowest BCUT2D eigenvalue weighted by Gasteiger charge is -2.20. The van der Waals surface area contributed by atoms with Crippen LogP contribution in [0.15, 0.2) is 42.5 Å². The molecule has 0 bridgehead atoms. The van der Waals surface area contributed by atoms with Crippen LogP contribution >= 0.6 is 0 Å². The van der Waals surface area contributed by atoms with Gasteiger partial charge in [-0.2, -0.15) is 0 Å². The Hall–Kier alpha value is -2.30. The molecule has 0 spiro atoms. The van der Waals surface area contributed by atoms with Crippen LogP contribution in [-0.4, -0.2) is 35.7 Å². The van der Waals surface area contributed by atoms with Gasteiger partial charge in [0.1, 0.15) is 5.60 Å². The molecule has 118 valence electrons. The molecule has 0 saturated carbocycles. The van der Waals surface area contributed by atoms with Crippen LogP contribution in [-0.2, 0) is 14.3 Å². The van der Waals surface area contributed by atoms with Crippen molar-refractivity contribution in [3.05, 3.63) is 48.0 Å². The molecule has 0 aliphatic carbocycles. The Kier molecular flexibility index (Phi) is 4.54. The summed E-state index contributed by atoms with van der Waals surface area (Å²) in [5.74, 6) is -0.442. The molecular formula is C17H21NO4. The minimum Gasteiger partial charge on any atom is -0.466 e. The third kappa shape index (κ3) is 3.87. The molecule has 2 rings (SSSR count). The van der Waals surface area contributed by atoms with Gasteiger partial charge in [0.25, 0.3) is 0 Å². The number of benzene rings is 1. The molecule has 5 heteroatoms. The molecule has 1 aromatic rings. The Balaban J connectivity index is 2.16. The van der Waals surface area contributed by atoms with Crippen LogP contribution in [0.25, 0.3) is 0 Å². The van der Waals surface area contributed by atoms with Gasteiger partial charge in [-0.1, -0.05) is 36.4 Å². The molecule has 1 amide bonds. The Morgan fingerprint density at radius 2 is 1.82 bits per heavy atom. The van der Waals surface area contributed by atoms with Crippen LogP contribution in [0.3, 0.4) is 0 Å². The van der Waals surface area contributed by atoms with Gasteiger partial charge in [0, 0.05) is 6.08 Å². The molecule has 22 heavy (non-hydrogen) atoms. The second-order valence-corrected chi connectivity index (χ2v) is 6.12. The lowest BCUT2D eigenvalue weighted by Crippen LogP contribution is -2.27. The van der Waals surface area contributed by atoms with E-state index in [1.165, 1.54) is 13.2 Å². The molecule has 1 aliphatic heterocycles. The topological polar surface area (TPSA) is 55.6 Å². The molecule has 1 aliphatic rings. The Bertz CT molecular complexity index is 574. The number of esters is 1. The Labute approximate surface area is 130 Å². The fourth-order valence-electron chi connectivity index (χ4n) is 2.25. The Morgan fingerprint density at radius 1 is 1.18 bits per heavy atom. The third-order valence-corrected chi connectivity index (χ3v) is 3.23. The molecule has 0 aromatic heterocycles. The number of ether oxygens (including phenoxy) is 2. The largest absolute Gasteiger partial charge is 0.466 e. The van der Waals surface area contributed by atoms with Gasteiger partial charge in [0.05, 0.1) is 19.2 Å². The molecule has 1 aromatic carbocycles. The van der Waals surface area contributed by atoms with E-state index in [4.69, 9.17) is 4.74 Å². The van der Waals surface area contributed by atoms with Gasteiger partial charge in [0.2, 0.25) is 0 Å². The maximum atomic E-state index is 12.3. The zero-order valence-electron chi connectivity index (χ0n) is 13.3. The quantitative estimate of drug-likeness (QED) is 0.489. The number of rotatable bonds is 3. The van der Waals surface area contributed by atoms with Gasteiger partial charge in [-0.3, -0.25) is 4.90 Å². The van der Waals surface area contributed by atoms with Gasteiger partial charge in [-0.25, -0.2) is 9.59 Å². The van der Waals surface area contributed by atoms with Crippen LogP contribution in [0.4, 0.5) is 4.79 Å². The SMILES string of the molecule is COC(=O)/C=C/[C@H]1[C@H](c2ccccc2)N1C(=O)OC(C)(C)C. The molecule has 1 heterocycles. The predicted molar refractivity (Wildman–Crippen MR) is 82.2 cm³/mol. The van der Waals surface area contributed by atoms with Crippen molar-refractivity contribution in [3.63, 3.8) is 0 Å². The number of hydrogen-bond acceptors (Lipinski definition) is 4. The van der Waals surface area contributed by atoms with Crippen molar-refractivity contribution in [1.29, 1.82) is 0 Å². The third-order valence-electron chi connectivity index (χ3n) is 3.23. The van der Waals surface area contributed by atoms with Gasteiger partial charge in [-0.15, -0.1) is 0 Å². The van der Waals surface area contributed by atoms with Gasteiger partial charge < -0.3 is 9.47 Å². The number of carbonyl (C=O) groups is 2. The lowest BCUT2D eigenvalue weighted by atomic mass is 10.1. The predicted octanol–water partition coefficient (Wildman–Crippen LogP) is 3.08. The summed E-state index contributed by atoms with van der Waals surface area (Å²) in [6, 6.07) is 9.35. The Morgan fingerprint density at radius 3 is 2.36 bits per heavy atom. The summed E-state index contributed by atoms with van der Waals surface area (Å²) in [5, 5.41) is 0. The fourth-order valence-corrected chi connectivity index (χ4v) is 2.25. The summed E-state index contributed by atoms with van der Waals surface area (Å²) < 4.78 is 10.00. The second-order valence-electron chi connectivity index (χ2n) is 6.12. The van der Waals surface area contributed by atoms with Gasteiger partial charge in [-0.05, 0) is 26.3 Å². The van der Waals surface area contributed by atoms with Crippen LogP contribution in [0.1, 0.15) is 32.4 Å². The first-order valence-corrected chi connectivity index (χ1v) is 7.16. The van der Waals surface area contributed by atoms with Gasteiger partial charge >= 0.3 is 12.1 Å². The number of nitrogens with zero attached hydrogens (tertiary/aromatic N) is 1. The molecule has 1 saturated heterocycles. The summed E-state index contributed by atoms with van der Waals surface area (Å²) in [5.41, 5.74) is 0.449. The maximum Gasteiger partial charge on any atom is 0.411 e. The van der Waals surface area contributed by atoms with Crippen molar-refractivity contribution in [2.75, 3.05) is 7.11 Å². The van der Waals surface area contributed by atoms with Crippen molar-refractivity contribution in [3.8, 4) is 0 Å². The average Bonchev–Trinajstić information content (AvgIpc) is 3.18. The summed E-state index contributed by atoms with van der Waals surface area (Å²) in [4.78, 5) is 25.1. The van der Waals surface area contributed by atoms with Crippen molar-refractivity contribution in [2.24, 2.45) is 0 Å². The van der Waals surface area contributed by atoms with Crippen LogP contribution < -0.4 is 0 Å². The zero-order chi connectivity index (χ0) is 16.3. The lowest BCUT2D eigenvalue weighted by molar-refractivity contribution is -0.134. The molecular weight excluding hydrogens is 282 g/mol. The summed E-state index contributed by atoms with van der Waals surface area (Å²) >= 11 is 0. The van der Waals surface area contributed by atoms with Crippen LogP contribution in [0.5, 0.6) is 0 Å². The van der Waals surface area contributed by atoms with Crippen LogP contribution in [0.2, 0.25) is 0 Å². The highest BCUT2D eigenvalue weighted by molar-refractivity contribution is 5.82.